The predicted octanol–water partition coefficient (Wildman–Crippen LogP) is 4.49. The van der Waals surface area contributed by atoms with E-state index in [-0.39, 0.29) is 18.9 Å². The maximum absolute atomic E-state index is 13.8. The number of ketones is 1. The van der Waals surface area contributed by atoms with Crippen molar-refractivity contribution in [2.45, 2.75) is 52.2 Å². The largest absolute Gasteiger partial charge is 0.466 e. The topological polar surface area (TPSA) is 107 Å². The van der Waals surface area contributed by atoms with Crippen molar-refractivity contribution in [1.29, 1.82) is 0 Å². The highest BCUT2D eigenvalue weighted by Crippen LogP contribution is 2.32. The number of nitrogens with zero attached hydrogens (tertiary/aromatic N) is 4. The summed E-state index contributed by atoms with van der Waals surface area (Å²) in [6, 6.07) is 11.4. The number of aliphatic hydroxyl groups excluding tert-OH is 1. The molecular formula is C28H30F2N4O4. The Morgan fingerprint density at radius 2 is 1.58 bits per heavy atom. The number of carbonyl (C=O) groups excluding carboxylic acids is 2. The SMILES string of the molecule is CCOC(=O)CC(=O)CC(O)C=CC(=C(c1ccc(F)cc1)c1ccc(F)cc1)c1nnn(C(C)(C)C)n1. The Bertz CT molecular complexity index is 1280. The summed E-state index contributed by atoms with van der Waals surface area (Å²) in [6.45, 7) is 7.49. The van der Waals surface area contributed by atoms with Crippen LogP contribution in [0.3, 0.4) is 0 Å². The molecule has 2 aromatic carbocycles. The van der Waals surface area contributed by atoms with Gasteiger partial charge < -0.3 is 9.84 Å². The van der Waals surface area contributed by atoms with Crippen molar-refractivity contribution in [3.05, 3.63) is 89.3 Å². The lowest BCUT2D eigenvalue weighted by molar-refractivity contribution is -0.145. The summed E-state index contributed by atoms with van der Waals surface area (Å²) < 4.78 is 32.3. The molecule has 38 heavy (non-hydrogen) atoms. The molecule has 3 aromatic rings. The number of benzene rings is 2. The Hall–Kier alpha value is -4.05. The molecule has 10 heteroatoms. The van der Waals surface area contributed by atoms with E-state index in [1.807, 2.05) is 20.8 Å². The van der Waals surface area contributed by atoms with Crippen LogP contribution in [-0.2, 0) is 19.9 Å². The number of hydrogen-bond acceptors (Lipinski definition) is 7. The minimum absolute atomic E-state index is 0.153. The van der Waals surface area contributed by atoms with Crippen LogP contribution in [0.5, 0.6) is 0 Å². The van der Waals surface area contributed by atoms with Gasteiger partial charge in [-0.3, -0.25) is 9.59 Å². The molecule has 0 bridgehead atoms. The third-order valence-corrected chi connectivity index (χ3v) is 5.36. The number of Topliss-reactive ketones (excluding diaryl/α,β-unsaturated/α-hetero) is 1. The molecule has 1 unspecified atom stereocenters. The zero-order valence-electron chi connectivity index (χ0n) is 21.7. The van der Waals surface area contributed by atoms with Gasteiger partial charge in [0.05, 0.1) is 18.2 Å². The smallest absolute Gasteiger partial charge is 0.313 e. The lowest BCUT2D eigenvalue weighted by atomic mass is 9.92. The lowest BCUT2D eigenvalue weighted by Gasteiger charge is -2.16. The van der Waals surface area contributed by atoms with Gasteiger partial charge >= 0.3 is 5.97 Å². The first kappa shape index (κ1) is 28.5. The number of tetrazole rings is 1. The molecule has 200 valence electrons. The minimum Gasteiger partial charge on any atom is -0.466 e. The van der Waals surface area contributed by atoms with Gasteiger partial charge in [0.25, 0.3) is 0 Å². The second-order valence-electron chi connectivity index (χ2n) is 9.53. The van der Waals surface area contributed by atoms with E-state index in [4.69, 9.17) is 4.74 Å². The van der Waals surface area contributed by atoms with Crippen LogP contribution in [0.1, 0.15) is 57.5 Å². The van der Waals surface area contributed by atoms with E-state index in [9.17, 15) is 23.5 Å². The van der Waals surface area contributed by atoms with Gasteiger partial charge in [-0.15, -0.1) is 10.2 Å². The second-order valence-corrected chi connectivity index (χ2v) is 9.53. The summed E-state index contributed by atoms with van der Waals surface area (Å²) in [5.41, 5.74) is 1.61. The molecule has 0 aliphatic rings. The first-order valence-corrected chi connectivity index (χ1v) is 12.1. The highest BCUT2D eigenvalue weighted by atomic mass is 19.1. The van der Waals surface area contributed by atoms with Crippen LogP contribution in [0.25, 0.3) is 11.1 Å². The van der Waals surface area contributed by atoms with Crippen molar-refractivity contribution in [2.24, 2.45) is 0 Å². The predicted molar refractivity (Wildman–Crippen MR) is 138 cm³/mol. The van der Waals surface area contributed by atoms with Crippen molar-refractivity contribution in [3.63, 3.8) is 0 Å². The van der Waals surface area contributed by atoms with E-state index in [0.29, 0.717) is 22.3 Å². The molecule has 0 saturated carbocycles. The first-order chi connectivity index (χ1) is 18.0. The standard InChI is InChI=1S/C28H30F2N4O4/c1-5-38-25(37)17-23(36)16-22(35)14-15-24(27-31-33-34(32-27)28(2,3)4)26(18-6-10-20(29)11-7-18)19-8-12-21(30)13-9-19/h6-15,22,35H,5,16-17H2,1-4H3. The van der Waals surface area contributed by atoms with Gasteiger partial charge in [0.15, 0.2) is 0 Å². The Morgan fingerprint density at radius 3 is 2.05 bits per heavy atom. The van der Waals surface area contributed by atoms with Crippen LogP contribution in [0, 0.1) is 11.6 Å². The molecule has 0 spiro atoms. The van der Waals surface area contributed by atoms with E-state index >= 15 is 0 Å². The fourth-order valence-electron chi connectivity index (χ4n) is 3.54. The number of aromatic nitrogens is 4. The van der Waals surface area contributed by atoms with Gasteiger partial charge in [-0.2, -0.15) is 4.80 Å². The lowest BCUT2D eigenvalue weighted by Crippen LogP contribution is -2.24. The van der Waals surface area contributed by atoms with Crippen LogP contribution in [0.15, 0.2) is 60.7 Å². The van der Waals surface area contributed by atoms with Crippen molar-refractivity contribution < 1.29 is 28.2 Å². The Labute approximate surface area is 219 Å². The Balaban J connectivity index is 2.11. The van der Waals surface area contributed by atoms with Crippen molar-refractivity contribution in [1.82, 2.24) is 20.2 Å². The van der Waals surface area contributed by atoms with Gasteiger partial charge in [0.2, 0.25) is 5.82 Å². The molecule has 0 radical (unpaired) electrons. The van der Waals surface area contributed by atoms with E-state index in [1.54, 1.807) is 31.2 Å². The average molecular weight is 525 g/mol. The van der Waals surface area contributed by atoms with Crippen LogP contribution in [0.4, 0.5) is 8.78 Å². The third-order valence-electron chi connectivity index (χ3n) is 5.36. The molecule has 1 heterocycles. The highest BCUT2D eigenvalue weighted by molar-refractivity contribution is 6.01. The summed E-state index contributed by atoms with van der Waals surface area (Å²) in [5, 5.41) is 23.4. The summed E-state index contributed by atoms with van der Waals surface area (Å²) >= 11 is 0. The number of esters is 1. The zero-order chi connectivity index (χ0) is 27.9. The first-order valence-electron chi connectivity index (χ1n) is 12.1. The normalized spacial score (nSPS) is 12.4. The van der Waals surface area contributed by atoms with Gasteiger partial charge in [0, 0.05) is 17.6 Å². The summed E-state index contributed by atoms with van der Waals surface area (Å²) in [7, 11) is 0. The monoisotopic (exact) mass is 524 g/mol. The molecule has 0 saturated heterocycles. The highest BCUT2D eigenvalue weighted by Gasteiger charge is 2.22. The second kappa shape index (κ2) is 12.5. The molecule has 1 atom stereocenters. The molecule has 0 fully saturated rings. The van der Waals surface area contributed by atoms with Crippen LogP contribution in [0.2, 0.25) is 0 Å². The average Bonchev–Trinajstić information content (AvgIpc) is 3.34. The zero-order valence-corrected chi connectivity index (χ0v) is 21.7. The maximum atomic E-state index is 13.8. The minimum atomic E-state index is -1.23. The van der Waals surface area contributed by atoms with Crippen molar-refractivity contribution in [2.75, 3.05) is 6.61 Å². The molecule has 0 aliphatic carbocycles. The number of rotatable bonds is 10. The van der Waals surface area contributed by atoms with E-state index in [2.05, 4.69) is 15.4 Å². The van der Waals surface area contributed by atoms with Gasteiger partial charge in [-0.1, -0.05) is 36.4 Å². The Kier molecular flexibility index (Phi) is 9.35. The molecule has 8 nitrogen and oxygen atoms in total. The molecular weight excluding hydrogens is 494 g/mol. The number of ether oxygens (including phenoxy) is 1. The van der Waals surface area contributed by atoms with Crippen LogP contribution >= 0.6 is 0 Å². The molecule has 1 N–H and O–H groups in total. The van der Waals surface area contributed by atoms with Crippen LogP contribution in [-0.4, -0.2) is 49.8 Å². The fraction of sp³-hybridized carbons (Fsp3) is 0.321. The third kappa shape index (κ3) is 7.72. The molecule has 1 aromatic heterocycles. The number of aliphatic hydroxyl groups is 1. The van der Waals surface area contributed by atoms with Crippen LogP contribution < -0.4 is 0 Å². The van der Waals surface area contributed by atoms with Gasteiger partial charge in [-0.25, -0.2) is 8.78 Å². The molecule has 0 amide bonds. The summed E-state index contributed by atoms with van der Waals surface area (Å²) in [5.74, 6) is -1.81. The molecule has 3 rings (SSSR count). The van der Waals surface area contributed by atoms with E-state index < -0.39 is 41.5 Å². The van der Waals surface area contributed by atoms with Gasteiger partial charge in [-0.05, 0) is 68.3 Å². The summed E-state index contributed by atoms with van der Waals surface area (Å²) in [4.78, 5) is 25.2. The fourth-order valence-corrected chi connectivity index (χ4v) is 3.54. The Morgan fingerprint density at radius 1 is 1.03 bits per heavy atom. The number of hydrogen-bond donors (Lipinski definition) is 1. The number of carbonyl (C=O) groups is 2. The quantitative estimate of drug-likeness (QED) is 0.236. The number of halogens is 2. The van der Waals surface area contributed by atoms with E-state index in [0.717, 1.165) is 0 Å². The number of allylic oxidation sites excluding steroid dienone is 2. The summed E-state index contributed by atoms with van der Waals surface area (Å²) in [6.07, 6.45) is 0.927. The molecule has 0 aliphatic heterocycles. The maximum Gasteiger partial charge on any atom is 0.313 e. The van der Waals surface area contributed by atoms with Crippen molar-refractivity contribution in [3.8, 4) is 0 Å². The van der Waals surface area contributed by atoms with Crippen molar-refractivity contribution >= 4 is 22.9 Å². The van der Waals surface area contributed by atoms with E-state index in [1.165, 1.54) is 41.2 Å². The van der Waals surface area contributed by atoms with Gasteiger partial charge in [0.1, 0.15) is 23.8 Å².